The molecule has 0 aliphatic rings. The molecule has 0 bridgehead atoms. The van der Waals surface area contributed by atoms with Crippen molar-refractivity contribution in [2.75, 3.05) is 6.61 Å². The van der Waals surface area contributed by atoms with Crippen LogP contribution in [0.2, 0.25) is 0 Å². The van der Waals surface area contributed by atoms with Crippen molar-refractivity contribution in [1.82, 2.24) is 0 Å². The van der Waals surface area contributed by atoms with Crippen molar-refractivity contribution in [2.45, 2.75) is 271 Å². The Morgan fingerprint density at radius 1 is 0.183 bits per heavy atom. The third-order valence-electron chi connectivity index (χ3n) is 13.9. The molecule has 1 N–H and O–H groups in total. The highest BCUT2D eigenvalue weighted by Gasteiger charge is 2.00. The molecule has 0 amide bonds. The number of aliphatic hydroxyl groups is 1. The molecule has 0 heterocycles. The zero-order chi connectivity index (χ0) is 53.1. The topological polar surface area (TPSA) is 20.2 Å². The van der Waals surface area contributed by atoms with Crippen LogP contribution >= 0.6 is 0 Å². The van der Waals surface area contributed by atoms with E-state index in [2.05, 4.69) is 183 Å². The maximum atomic E-state index is 9.01. The Balaban J connectivity index is 4.31. The fraction of sp³-hybridized carbons (Fsp3) is 0.600. The van der Waals surface area contributed by atoms with Crippen LogP contribution in [-0.2, 0) is 0 Å². The third kappa shape index (κ3) is 45.9. The molecule has 0 aliphatic carbocycles. The van der Waals surface area contributed by atoms with E-state index < -0.39 is 0 Å². The van der Waals surface area contributed by atoms with Crippen molar-refractivity contribution >= 4 is 0 Å². The smallest absolute Gasteiger partial charge is 0.0614 e. The van der Waals surface area contributed by atoms with Crippen LogP contribution in [0.1, 0.15) is 271 Å². The minimum Gasteiger partial charge on any atom is -0.392 e. The van der Waals surface area contributed by atoms with E-state index in [0.717, 1.165) is 96.3 Å². The normalized spacial score (nSPS) is 15.1. The molecule has 0 atom stereocenters. The highest BCUT2D eigenvalue weighted by atomic mass is 16.2. The minimum atomic E-state index is 0.148. The van der Waals surface area contributed by atoms with E-state index in [-0.39, 0.29) is 6.61 Å². The van der Waals surface area contributed by atoms with Crippen LogP contribution in [0.3, 0.4) is 0 Å². The molecule has 1 heteroatoms. The summed E-state index contributed by atoms with van der Waals surface area (Å²) in [4.78, 5) is 0. The van der Waals surface area contributed by atoms with Gasteiger partial charge in [-0.1, -0.05) is 163 Å². The van der Waals surface area contributed by atoms with Crippen LogP contribution in [-0.4, -0.2) is 11.7 Å². The predicted molar refractivity (Wildman–Crippen MR) is 325 cm³/mol. The molecule has 0 rings (SSSR count). The van der Waals surface area contributed by atoms with Gasteiger partial charge in [-0.25, -0.2) is 0 Å². The maximum Gasteiger partial charge on any atom is 0.0614 e. The average molecular weight is 972 g/mol. The number of rotatable bonds is 40. The summed E-state index contributed by atoms with van der Waals surface area (Å²) in [5.74, 6) is 0. The van der Waals surface area contributed by atoms with Crippen molar-refractivity contribution in [1.29, 1.82) is 0 Å². The van der Waals surface area contributed by atoms with E-state index in [9.17, 15) is 0 Å². The van der Waals surface area contributed by atoms with Crippen LogP contribution < -0.4 is 0 Å². The number of hydrogen-bond donors (Lipinski definition) is 1. The molecule has 0 aromatic rings. The first kappa shape index (κ1) is 67.3. The lowest BCUT2D eigenvalue weighted by Gasteiger charge is -2.04. The average Bonchev–Trinajstić information content (AvgIpc) is 3.29. The predicted octanol–water partition coefficient (Wildman–Crippen LogP) is 23.4. The fourth-order valence-electron chi connectivity index (χ4n) is 8.63. The van der Waals surface area contributed by atoms with E-state index in [1.165, 1.54) is 149 Å². The van der Waals surface area contributed by atoms with Gasteiger partial charge < -0.3 is 5.11 Å². The van der Waals surface area contributed by atoms with Crippen LogP contribution in [0.25, 0.3) is 0 Å². The van der Waals surface area contributed by atoms with Gasteiger partial charge in [0.2, 0.25) is 0 Å². The molecule has 0 unspecified atom stereocenters. The lowest BCUT2D eigenvalue weighted by molar-refractivity contribution is 0.341. The molecule has 0 aromatic heterocycles. The van der Waals surface area contributed by atoms with Gasteiger partial charge in [-0.3, -0.25) is 0 Å². The fourth-order valence-corrected chi connectivity index (χ4v) is 8.63. The zero-order valence-electron chi connectivity index (χ0n) is 49.6. The van der Waals surface area contributed by atoms with Gasteiger partial charge in [0, 0.05) is 0 Å². The summed E-state index contributed by atoms with van der Waals surface area (Å²) in [7, 11) is 0. The Kier molecular flexibility index (Phi) is 42.6. The molecule has 0 saturated heterocycles. The first-order valence-electron chi connectivity index (χ1n) is 28.7. The summed E-state index contributed by atoms with van der Waals surface area (Å²) >= 11 is 0. The summed E-state index contributed by atoms with van der Waals surface area (Å²) in [6.45, 7) is 34.2. The molecular weight excluding hydrogens is 857 g/mol. The third-order valence-corrected chi connectivity index (χ3v) is 13.9. The van der Waals surface area contributed by atoms with E-state index >= 15 is 0 Å². The van der Waals surface area contributed by atoms with Crippen LogP contribution in [0.4, 0.5) is 0 Å². The van der Waals surface area contributed by atoms with E-state index in [0.29, 0.717) is 0 Å². The summed E-state index contributed by atoms with van der Waals surface area (Å²) in [6.07, 6.45) is 63.7. The van der Waals surface area contributed by atoms with Gasteiger partial charge >= 0.3 is 0 Å². The SMILES string of the molecule is CC(C)=CCCC(C)=CCCC(C)=CCCC(C)=CCCC(C)=CCCC(C)=CCCC(C)=CCCC(C)=CCCC(C)=CCCC(C)=CCCC(C)=CCCC(C)=CCCC(C)=CCCC(C)=CCO. The monoisotopic (exact) mass is 971 g/mol. The number of aliphatic hydroxyl groups excluding tert-OH is 1. The second kappa shape index (κ2) is 45.0. The number of allylic oxidation sites excluding steroid dienone is 27. The minimum absolute atomic E-state index is 0.148. The maximum absolute atomic E-state index is 9.01. The molecule has 1 nitrogen and oxygen atoms in total. The van der Waals surface area contributed by atoms with Gasteiger partial charge in [-0.05, 0) is 271 Å². The van der Waals surface area contributed by atoms with Crippen LogP contribution in [0, 0.1) is 0 Å². The molecular formula is C70H114O. The highest BCUT2D eigenvalue weighted by Crippen LogP contribution is 2.20. The Morgan fingerprint density at radius 3 is 0.408 bits per heavy atom. The van der Waals surface area contributed by atoms with Gasteiger partial charge in [0.25, 0.3) is 0 Å². The van der Waals surface area contributed by atoms with Crippen molar-refractivity contribution in [3.05, 3.63) is 163 Å². The standard InChI is InChI=1S/C70H114O/c1-57(2)29-16-30-58(3)31-17-32-59(4)33-18-34-60(5)35-19-36-61(6)37-20-38-62(7)39-21-40-63(8)41-22-42-64(9)43-23-44-65(10)45-24-46-66(11)47-25-48-67(12)49-26-50-68(13)51-27-52-69(14)53-28-54-70(15)55-56-71/h29,31,33,35,37,39,41,43,45,47,49,51,53,55,71H,16-28,30,32,34,36,38,40,42,44,46,48,50,52,54,56H2,1-15H3. The molecule has 0 spiro atoms. The van der Waals surface area contributed by atoms with E-state index in [4.69, 9.17) is 5.11 Å². The van der Waals surface area contributed by atoms with Crippen LogP contribution in [0.15, 0.2) is 163 Å². The molecule has 400 valence electrons. The lowest BCUT2D eigenvalue weighted by Crippen LogP contribution is -1.84. The van der Waals surface area contributed by atoms with Crippen LogP contribution in [0.5, 0.6) is 0 Å². The molecule has 0 fully saturated rings. The second-order valence-corrected chi connectivity index (χ2v) is 22.1. The summed E-state index contributed by atoms with van der Waals surface area (Å²) in [5.41, 5.74) is 20.9. The Bertz CT molecular complexity index is 1900. The van der Waals surface area contributed by atoms with Gasteiger partial charge in [-0.15, -0.1) is 0 Å². The Labute approximate surface area is 443 Å². The quantitative estimate of drug-likeness (QED) is 0.0607. The summed E-state index contributed by atoms with van der Waals surface area (Å²) in [6, 6.07) is 0. The van der Waals surface area contributed by atoms with E-state index in [1.54, 1.807) is 0 Å². The molecule has 0 aliphatic heterocycles. The first-order valence-corrected chi connectivity index (χ1v) is 28.7. The van der Waals surface area contributed by atoms with Gasteiger partial charge in [0.15, 0.2) is 0 Å². The van der Waals surface area contributed by atoms with Crippen molar-refractivity contribution in [3.8, 4) is 0 Å². The van der Waals surface area contributed by atoms with Gasteiger partial charge in [0.05, 0.1) is 6.61 Å². The highest BCUT2D eigenvalue weighted by molar-refractivity contribution is 5.13. The van der Waals surface area contributed by atoms with E-state index in [1.807, 2.05) is 6.08 Å². The van der Waals surface area contributed by atoms with Gasteiger partial charge in [0.1, 0.15) is 0 Å². The van der Waals surface area contributed by atoms with Gasteiger partial charge in [-0.2, -0.15) is 0 Å². The molecule has 0 saturated carbocycles. The van der Waals surface area contributed by atoms with Crippen molar-refractivity contribution < 1.29 is 5.11 Å². The molecule has 0 aromatic carbocycles. The van der Waals surface area contributed by atoms with Crippen molar-refractivity contribution in [2.24, 2.45) is 0 Å². The summed E-state index contributed by atoms with van der Waals surface area (Å²) in [5, 5.41) is 9.01. The molecule has 0 radical (unpaired) electrons. The van der Waals surface area contributed by atoms with Crippen molar-refractivity contribution in [3.63, 3.8) is 0 Å². The number of hydrogen-bond acceptors (Lipinski definition) is 1. The largest absolute Gasteiger partial charge is 0.392 e. The summed E-state index contributed by atoms with van der Waals surface area (Å²) < 4.78 is 0. The second-order valence-electron chi connectivity index (χ2n) is 22.1. The Morgan fingerprint density at radius 2 is 0.296 bits per heavy atom. The molecule has 71 heavy (non-hydrogen) atoms. The Hall–Kier alpha value is -3.68. The lowest BCUT2D eigenvalue weighted by atomic mass is 10.0. The zero-order valence-corrected chi connectivity index (χ0v) is 49.6. The first-order chi connectivity index (χ1) is 33.9.